The van der Waals surface area contributed by atoms with E-state index in [0.29, 0.717) is 37.9 Å². The van der Waals surface area contributed by atoms with Gasteiger partial charge in [0.05, 0.1) is 29.0 Å². The number of benzene rings is 2. The van der Waals surface area contributed by atoms with Gasteiger partial charge in [-0.3, -0.25) is 9.59 Å². The summed E-state index contributed by atoms with van der Waals surface area (Å²) < 4.78 is 5.70. The molecule has 2 amide bonds. The van der Waals surface area contributed by atoms with Crippen molar-refractivity contribution in [3.63, 3.8) is 0 Å². The Hall–Kier alpha value is -2.17. The number of carbonyl (C=O) groups is 2. The van der Waals surface area contributed by atoms with Crippen molar-refractivity contribution in [2.75, 3.05) is 36.9 Å². The predicted octanol–water partition coefficient (Wildman–Crippen LogP) is 5.68. The van der Waals surface area contributed by atoms with Crippen LogP contribution in [0.1, 0.15) is 32.0 Å². The van der Waals surface area contributed by atoms with Crippen LogP contribution in [0.15, 0.2) is 47.8 Å². The Morgan fingerprint density at radius 3 is 2.56 bits per heavy atom. The first kappa shape index (κ1) is 26.9. The Morgan fingerprint density at radius 2 is 1.81 bits per heavy atom. The van der Waals surface area contributed by atoms with E-state index in [9.17, 15) is 9.59 Å². The van der Waals surface area contributed by atoms with Crippen molar-refractivity contribution in [1.29, 1.82) is 0 Å². The Morgan fingerprint density at radius 1 is 1.03 bits per heavy atom. The highest BCUT2D eigenvalue weighted by atomic mass is 35.5. The molecular formula is C25H25Cl3N4O3S. The highest BCUT2D eigenvalue weighted by Gasteiger charge is 2.20. The minimum absolute atomic E-state index is 0.205. The lowest BCUT2D eigenvalue weighted by Crippen LogP contribution is -2.39. The molecule has 1 unspecified atom stereocenters. The minimum Gasteiger partial charge on any atom is -0.376 e. The van der Waals surface area contributed by atoms with Crippen LogP contribution in [0.5, 0.6) is 0 Å². The average molecular weight is 568 g/mol. The van der Waals surface area contributed by atoms with Crippen LogP contribution in [0.25, 0.3) is 0 Å². The Bertz CT molecular complexity index is 1210. The number of halogens is 3. The monoisotopic (exact) mass is 566 g/mol. The van der Waals surface area contributed by atoms with Crippen molar-refractivity contribution >= 4 is 69.3 Å². The summed E-state index contributed by atoms with van der Waals surface area (Å²) in [6.45, 7) is 3.80. The number of carbonyl (C=O) groups excluding carboxylic acids is 2. The summed E-state index contributed by atoms with van der Waals surface area (Å²) in [5.74, 6) is -0.824. The summed E-state index contributed by atoms with van der Waals surface area (Å²) in [5.41, 5.74) is 1.94. The molecule has 3 aromatic rings. The van der Waals surface area contributed by atoms with Crippen molar-refractivity contribution in [2.24, 2.45) is 0 Å². The van der Waals surface area contributed by atoms with E-state index < -0.39 is 11.8 Å². The predicted molar refractivity (Wildman–Crippen MR) is 147 cm³/mol. The Balaban J connectivity index is 1.38. The third kappa shape index (κ3) is 7.20. The Kier molecular flexibility index (Phi) is 9.61. The number of hydrogen-bond donors (Lipinski definition) is 4. The SMILES string of the molecule is O=C(Nc1ccc(Cl)cc1)c1cc(Cl)ccc1NC(=O)c1scc(CNCCC2CNCCO2)c1Cl. The van der Waals surface area contributed by atoms with Crippen molar-refractivity contribution in [1.82, 2.24) is 10.6 Å². The fraction of sp³-hybridized carbons (Fsp3) is 0.280. The van der Waals surface area contributed by atoms with E-state index in [1.165, 1.54) is 17.4 Å². The zero-order valence-corrected chi connectivity index (χ0v) is 22.3. The van der Waals surface area contributed by atoms with E-state index in [4.69, 9.17) is 39.5 Å². The molecule has 0 radical (unpaired) electrons. The molecule has 36 heavy (non-hydrogen) atoms. The second-order valence-corrected chi connectivity index (χ2v) is 10.3. The molecule has 1 aliphatic heterocycles. The van der Waals surface area contributed by atoms with Crippen LogP contribution in [0.4, 0.5) is 11.4 Å². The summed E-state index contributed by atoms with van der Waals surface area (Å²) in [7, 11) is 0. The van der Waals surface area contributed by atoms with Crippen LogP contribution < -0.4 is 21.3 Å². The molecule has 4 N–H and O–H groups in total. The van der Waals surface area contributed by atoms with Crippen molar-refractivity contribution in [3.05, 3.63) is 78.9 Å². The van der Waals surface area contributed by atoms with Gasteiger partial charge >= 0.3 is 0 Å². The van der Waals surface area contributed by atoms with Crippen molar-refractivity contribution in [3.8, 4) is 0 Å². The van der Waals surface area contributed by atoms with E-state index in [-0.39, 0.29) is 11.7 Å². The summed E-state index contributed by atoms with van der Waals surface area (Å²) in [4.78, 5) is 26.3. The molecule has 7 nitrogen and oxygen atoms in total. The van der Waals surface area contributed by atoms with E-state index in [2.05, 4.69) is 21.3 Å². The molecule has 1 fully saturated rings. The van der Waals surface area contributed by atoms with Crippen LogP contribution in [0, 0.1) is 0 Å². The molecule has 1 saturated heterocycles. The van der Waals surface area contributed by atoms with Gasteiger partial charge in [0.1, 0.15) is 4.88 Å². The standard InChI is InChI=1S/C25H25Cl3N4O3S/c26-16-1-4-18(5-2-16)31-24(33)20-11-17(27)3-6-21(20)32-25(34)23-22(28)15(14-36-23)12-29-8-7-19-13-30-9-10-35-19/h1-6,11,14,19,29-30H,7-10,12-13H2,(H,31,33)(H,32,34). The molecule has 190 valence electrons. The van der Waals surface area contributed by atoms with Crippen LogP contribution in [-0.4, -0.2) is 44.2 Å². The summed E-state index contributed by atoms with van der Waals surface area (Å²) in [6.07, 6.45) is 1.09. The molecule has 11 heteroatoms. The first-order valence-electron chi connectivity index (χ1n) is 11.4. The zero-order valence-electron chi connectivity index (χ0n) is 19.2. The molecule has 0 saturated carbocycles. The van der Waals surface area contributed by atoms with Gasteiger partial charge in [-0.25, -0.2) is 0 Å². The molecule has 1 atom stereocenters. The summed E-state index contributed by atoms with van der Waals surface area (Å²) in [6, 6.07) is 11.4. The number of thiophene rings is 1. The maximum Gasteiger partial charge on any atom is 0.267 e. The molecule has 0 spiro atoms. The molecular weight excluding hydrogens is 543 g/mol. The first-order valence-corrected chi connectivity index (χ1v) is 13.4. The van der Waals surface area contributed by atoms with Gasteiger partial charge in [-0.1, -0.05) is 34.8 Å². The molecule has 1 aliphatic rings. The van der Waals surface area contributed by atoms with Gasteiger partial charge in [0.25, 0.3) is 11.8 Å². The number of amides is 2. The smallest absolute Gasteiger partial charge is 0.267 e. The van der Waals surface area contributed by atoms with E-state index in [1.807, 2.05) is 5.38 Å². The van der Waals surface area contributed by atoms with Gasteiger partial charge in [0, 0.05) is 35.4 Å². The van der Waals surface area contributed by atoms with Gasteiger partial charge < -0.3 is 26.0 Å². The maximum absolute atomic E-state index is 13.0. The summed E-state index contributed by atoms with van der Waals surface area (Å²) in [5, 5.41) is 15.4. The highest BCUT2D eigenvalue weighted by Crippen LogP contribution is 2.30. The fourth-order valence-electron chi connectivity index (χ4n) is 3.67. The van der Waals surface area contributed by atoms with Crippen LogP contribution >= 0.6 is 46.1 Å². The lowest BCUT2D eigenvalue weighted by molar-refractivity contribution is 0.0238. The van der Waals surface area contributed by atoms with E-state index in [1.54, 1.807) is 36.4 Å². The third-order valence-electron chi connectivity index (χ3n) is 5.55. The number of morpholine rings is 1. The minimum atomic E-state index is -0.422. The van der Waals surface area contributed by atoms with Crippen LogP contribution in [0.2, 0.25) is 15.1 Å². The van der Waals surface area contributed by atoms with Crippen molar-refractivity contribution < 1.29 is 14.3 Å². The second-order valence-electron chi connectivity index (χ2n) is 8.17. The molecule has 0 aliphatic carbocycles. The normalized spacial score (nSPS) is 15.5. The fourth-order valence-corrected chi connectivity index (χ4v) is 5.22. The lowest BCUT2D eigenvalue weighted by atomic mass is 10.1. The molecule has 0 bridgehead atoms. The first-order chi connectivity index (χ1) is 17.4. The van der Waals surface area contributed by atoms with Gasteiger partial charge in [0.2, 0.25) is 0 Å². The van der Waals surface area contributed by atoms with Gasteiger partial charge in [-0.05, 0) is 66.4 Å². The lowest BCUT2D eigenvalue weighted by Gasteiger charge is -2.23. The quantitative estimate of drug-likeness (QED) is 0.250. The highest BCUT2D eigenvalue weighted by molar-refractivity contribution is 7.13. The molecule has 2 heterocycles. The number of nitrogens with one attached hydrogen (secondary N) is 4. The van der Waals surface area contributed by atoms with Gasteiger partial charge in [-0.2, -0.15) is 0 Å². The van der Waals surface area contributed by atoms with Crippen molar-refractivity contribution in [2.45, 2.75) is 19.1 Å². The Labute approximate surface area is 228 Å². The summed E-state index contributed by atoms with van der Waals surface area (Å²) >= 11 is 19.8. The van der Waals surface area contributed by atoms with Gasteiger partial charge in [-0.15, -0.1) is 11.3 Å². The molecule has 4 rings (SSSR count). The van der Waals surface area contributed by atoms with E-state index in [0.717, 1.165) is 38.2 Å². The third-order valence-corrected chi connectivity index (χ3v) is 7.60. The number of rotatable bonds is 9. The number of ether oxygens (including phenoxy) is 1. The van der Waals surface area contributed by atoms with Gasteiger partial charge in [0.15, 0.2) is 0 Å². The van der Waals surface area contributed by atoms with Crippen LogP contribution in [-0.2, 0) is 11.3 Å². The largest absolute Gasteiger partial charge is 0.376 e. The second kappa shape index (κ2) is 12.9. The molecule has 2 aromatic carbocycles. The topological polar surface area (TPSA) is 91.5 Å². The molecule has 1 aromatic heterocycles. The average Bonchev–Trinajstić information content (AvgIpc) is 3.25. The number of hydrogen-bond acceptors (Lipinski definition) is 6. The van der Waals surface area contributed by atoms with Crippen LogP contribution in [0.3, 0.4) is 0 Å². The number of anilines is 2. The van der Waals surface area contributed by atoms with E-state index >= 15 is 0 Å². The maximum atomic E-state index is 13.0. The zero-order chi connectivity index (χ0) is 25.5.